The third-order valence-electron chi connectivity index (χ3n) is 3.75. The fourth-order valence-corrected chi connectivity index (χ4v) is 3.71. The van der Waals surface area contributed by atoms with Crippen LogP contribution in [0.1, 0.15) is 17.9 Å². The van der Waals surface area contributed by atoms with E-state index >= 15 is 0 Å². The molecule has 2 N–H and O–H groups in total. The molecule has 1 aliphatic heterocycles. The molecule has 0 amide bonds. The van der Waals surface area contributed by atoms with Gasteiger partial charge in [-0.25, -0.2) is 4.79 Å². The quantitative estimate of drug-likeness (QED) is 0.603. The molecule has 19 heavy (non-hydrogen) atoms. The highest BCUT2D eigenvalue weighted by Gasteiger charge is 2.42. The Kier molecular flexibility index (Phi) is 3.16. The van der Waals surface area contributed by atoms with Gasteiger partial charge in [0, 0.05) is 17.4 Å². The van der Waals surface area contributed by atoms with Crippen molar-refractivity contribution in [3.05, 3.63) is 38.8 Å². The SMILES string of the molecule is O=C(O)[C@@H]1Nc2c(Cl)cc(Cl)c(Cl)c2[C@H]2C=CC[C@@H]21. The molecule has 6 heteroatoms. The number of fused-ring (bicyclic) bond motifs is 3. The van der Waals surface area contributed by atoms with Gasteiger partial charge in [0.1, 0.15) is 6.04 Å². The van der Waals surface area contributed by atoms with Gasteiger partial charge in [-0.1, -0.05) is 47.0 Å². The lowest BCUT2D eigenvalue weighted by Crippen LogP contribution is -2.42. The summed E-state index contributed by atoms with van der Waals surface area (Å²) in [5.74, 6) is -0.996. The highest BCUT2D eigenvalue weighted by atomic mass is 35.5. The van der Waals surface area contributed by atoms with E-state index in [1.807, 2.05) is 12.2 Å². The van der Waals surface area contributed by atoms with Gasteiger partial charge < -0.3 is 10.4 Å². The van der Waals surface area contributed by atoms with Crippen molar-refractivity contribution in [3.8, 4) is 0 Å². The summed E-state index contributed by atoms with van der Waals surface area (Å²) in [5, 5.41) is 13.6. The van der Waals surface area contributed by atoms with E-state index in [4.69, 9.17) is 34.8 Å². The summed E-state index contributed by atoms with van der Waals surface area (Å²) in [4.78, 5) is 11.4. The van der Waals surface area contributed by atoms with Crippen molar-refractivity contribution in [2.45, 2.75) is 18.4 Å². The summed E-state index contributed by atoms with van der Waals surface area (Å²) in [6.07, 6.45) is 4.67. The molecule has 2 aliphatic rings. The highest BCUT2D eigenvalue weighted by Crippen LogP contribution is 2.51. The van der Waals surface area contributed by atoms with Crippen LogP contribution >= 0.6 is 34.8 Å². The number of hydrogen-bond acceptors (Lipinski definition) is 2. The Morgan fingerprint density at radius 3 is 2.74 bits per heavy atom. The first-order chi connectivity index (χ1) is 9.00. The Hall–Kier alpha value is -0.900. The molecule has 100 valence electrons. The van der Waals surface area contributed by atoms with E-state index in [0.29, 0.717) is 27.2 Å². The van der Waals surface area contributed by atoms with Crippen molar-refractivity contribution in [3.63, 3.8) is 0 Å². The molecule has 0 bridgehead atoms. The molecule has 1 aliphatic carbocycles. The van der Waals surface area contributed by atoms with Crippen LogP contribution in [0.2, 0.25) is 15.1 Å². The van der Waals surface area contributed by atoms with Gasteiger partial charge in [-0.15, -0.1) is 0 Å². The van der Waals surface area contributed by atoms with Crippen LogP contribution in [-0.2, 0) is 4.79 Å². The number of allylic oxidation sites excluding steroid dienone is 2. The number of benzene rings is 1. The Bertz CT molecular complexity index is 600. The van der Waals surface area contributed by atoms with Crippen LogP contribution in [0.3, 0.4) is 0 Å². The number of hydrogen-bond donors (Lipinski definition) is 2. The molecule has 0 fully saturated rings. The van der Waals surface area contributed by atoms with Crippen LogP contribution in [0.4, 0.5) is 5.69 Å². The smallest absolute Gasteiger partial charge is 0.326 e. The van der Waals surface area contributed by atoms with Crippen molar-refractivity contribution < 1.29 is 9.90 Å². The van der Waals surface area contributed by atoms with Gasteiger partial charge >= 0.3 is 5.97 Å². The summed E-state index contributed by atoms with van der Waals surface area (Å²) in [6.45, 7) is 0. The lowest BCUT2D eigenvalue weighted by atomic mass is 9.79. The minimum Gasteiger partial charge on any atom is -0.480 e. The fourth-order valence-electron chi connectivity index (χ4n) is 2.91. The molecular weight excluding hydrogens is 309 g/mol. The largest absolute Gasteiger partial charge is 0.480 e. The van der Waals surface area contributed by atoms with Gasteiger partial charge in [-0.05, 0) is 12.5 Å². The Morgan fingerprint density at radius 1 is 1.32 bits per heavy atom. The highest BCUT2D eigenvalue weighted by molar-refractivity contribution is 6.44. The molecular formula is C13H10Cl3NO2. The van der Waals surface area contributed by atoms with Gasteiger partial charge in [0.15, 0.2) is 0 Å². The summed E-state index contributed by atoms with van der Waals surface area (Å²) in [6, 6.07) is 0.872. The first-order valence-corrected chi connectivity index (χ1v) is 6.97. The summed E-state index contributed by atoms with van der Waals surface area (Å²) < 4.78 is 0. The number of carboxylic acids is 1. The minimum atomic E-state index is -0.883. The molecule has 1 aromatic carbocycles. The second-order valence-corrected chi connectivity index (χ2v) is 5.95. The molecule has 1 heterocycles. The first kappa shape index (κ1) is 13.1. The van der Waals surface area contributed by atoms with Gasteiger partial charge in [-0.2, -0.15) is 0 Å². The van der Waals surface area contributed by atoms with E-state index in [2.05, 4.69) is 5.32 Å². The maximum absolute atomic E-state index is 11.4. The summed E-state index contributed by atoms with van der Waals surface area (Å²) in [7, 11) is 0. The maximum Gasteiger partial charge on any atom is 0.326 e. The van der Waals surface area contributed by atoms with Crippen molar-refractivity contribution in [2.75, 3.05) is 5.32 Å². The third-order valence-corrected chi connectivity index (χ3v) is 4.85. The van der Waals surface area contributed by atoms with E-state index in [1.165, 1.54) is 6.07 Å². The predicted molar refractivity (Wildman–Crippen MR) is 76.5 cm³/mol. The van der Waals surface area contributed by atoms with Gasteiger partial charge in [0.25, 0.3) is 0 Å². The first-order valence-electron chi connectivity index (χ1n) is 5.84. The average molecular weight is 319 g/mol. The molecule has 0 saturated heterocycles. The van der Waals surface area contributed by atoms with Gasteiger partial charge in [0.2, 0.25) is 0 Å². The lowest BCUT2D eigenvalue weighted by Gasteiger charge is -2.36. The van der Waals surface area contributed by atoms with Gasteiger partial charge in [0.05, 0.1) is 20.8 Å². The number of aliphatic carboxylic acids is 1. The molecule has 0 spiro atoms. The van der Waals surface area contributed by atoms with Crippen LogP contribution in [0.25, 0.3) is 0 Å². The topological polar surface area (TPSA) is 49.3 Å². The predicted octanol–water partition coefficient (Wildman–Crippen LogP) is 4.19. The summed E-state index contributed by atoms with van der Waals surface area (Å²) >= 11 is 18.5. The number of rotatable bonds is 1. The number of anilines is 1. The zero-order valence-corrected chi connectivity index (χ0v) is 11.9. The van der Waals surface area contributed by atoms with Crippen molar-refractivity contribution >= 4 is 46.5 Å². The molecule has 3 atom stereocenters. The fraction of sp³-hybridized carbons (Fsp3) is 0.308. The molecule has 0 radical (unpaired) electrons. The van der Waals surface area contributed by atoms with Crippen molar-refractivity contribution in [1.29, 1.82) is 0 Å². The van der Waals surface area contributed by atoms with Crippen LogP contribution in [0.5, 0.6) is 0 Å². The normalized spacial score (nSPS) is 27.6. The molecule has 0 saturated carbocycles. The lowest BCUT2D eigenvalue weighted by molar-refractivity contribution is -0.139. The number of nitrogens with one attached hydrogen (secondary N) is 1. The molecule has 3 rings (SSSR count). The molecule has 3 nitrogen and oxygen atoms in total. The van der Waals surface area contributed by atoms with E-state index in [-0.39, 0.29) is 11.8 Å². The number of halogens is 3. The summed E-state index contributed by atoms with van der Waals surface area (Å²) in [5.41, 5.74) is 1.38. The molecule has 0 unspecified atom stereocenters. The number of carboxylic acid groups (broad SMARTS) is 1. The standard InChI is InChI=1S/C13H10Cl3NO2/c14-7-4-8(15)12-9(10(7)16)5-2-1-3-6(5)11(17-12)13(18)19/h1-2,4-6,11,17H,3H2,(H,18,19)/t5-,6-,11+/m0/s1. The van der Waals surface area contributed by atoms with E-state index in [1.54, 1.807) is 0 Å². The average Bonchev–Trinajstić information content (AvgIpc) is 2.82. The zero-order chi connectivity index (χ0) is 13.7. The number of carbonyl (C=O) groups is 1. The van der Waals surface area contributed by atoms with E-state index in [0.717, 1.165) is 5.56 Å². The second kappa shape index (κ2) is 4.58. The van der Waals surface area contributed by atoms with Crippen LogP contribution in [0, 0.1) is 5.92 Å². The third kappa shape index (κ3) is 1.92. The second-order valence-electron chi connectivity index (χ2n) is 4.76. The molecule has 1 aromatic rings. The Morgan fingerprint density at radius 2 is 2.05 bits per heavy atom. The van der Waals surface area contributed by atoms with Crippen LogP contribution in [-0.4, -0.2) is 17.1 Å². The van der Waals surface area contributed by atoms with Crippen LogP contribution in [0.15, 0.2) is 18.2 Å². The van der Waals surface area contributed by atoms with Crippen molar-refractivity contribution in [1.82, 2.24) is 0 Å². The van der Waals surface area contributed by atoms with Gasteiger partial charge in [-0.3, -0.25) is 0 Å². The maximum atomic E-state index is 11.4. The van der Waals surface area contributed by atoms with Crippen molar-refractivity contribution in [2.24, 2.45) is 5.92 Å². The minimum absolute atomic E-state index is 0.0546. The zero-order valence-electron chi connectivity index (χ0n) is 9.66. The van der Waals surface area contributed by atoms with E-state index in [9.17, 15) is 9.90 Å². The van der Waals surface area contributed by atoms with E-state index < -0.39 is 12.0 Å². The monoisotopic (exact) mass is 317 g/mol. The molecule has 0 aromatic heterocycles. The Balaban J connectivity index is 2.21. The Labute approximate surface area is 125 Å². The van der Waals surface area contributed by atoms with Crippen LogP contribution < -0.4 is 5.32 Å².